The SMILES string of the molecule is Cn1ccnc1CN1CCCN(Cc2ccc3ccccc3n2)CC1. The van der Waals surface area contributed by atoms with Gasteiger partial charge in [-0.15, -0.1) is 0 Å². The maximum absolute atomic E-state index is 4.82. The van der Waals surface area contributed by atoms with Crippen molar-refractivity contribution in [3.05, 3.63) is 60.3 Å². The van der Waals surface area contributed by atoms with Crippen molar-refractivity contribution in [1.82, 2.24) is 24.3 Å². The Bertz CT molecular complexity index is 841. The molecule has 5 heteroatoms. The van der Waals surface area contributed by atoms with E-state index in [9.17, 15) is 0 Å². The van der Waals surface area contributed by atoms with Crippen molar-refractivity contribution in [1.29, 1.82) is 0 Å². The van der Waals surface area contributed by atoms with Crippen molar-refractivity contribution in [3.8, 4) is 0 Å². The van der Waals surface area contributed by atoms with Crippen LogP contribution in [0, 0.1) is 0 Å². The first-order chi connectivity index (χ1) is 12.3. The van der Waals surface area contributed by atoms with Crippen LogP contribution in [0.15, 0.2) is 48.8 Å². The highest BCUT2D eigenvalue weighted by Crippen LogP contribution is 2.14. The standard InChI is InChI=1S/C20H25N5/c1-23-12-9-21-20(23)16-25-11-4-10-24(13-14-25)15-18-8-7-17-5-2-3-6-19(17)22-18/h2-3,5-9,12H,4,10-11,13-16H2,1H3. The van der Waals surface area contributed by atoms with Gasteiger partial charge in [0.05, 0.1) is 17.8 Å². The predicted molar refractivity (Wildman–Crippen MR) is 100 cm³/mol. The van der Waals surface area contributed by atoms with Crippen LogP contribution < -0.4 is 0 Å². The average Bonchev–Trinajstić information content (AvgIpc) is 2.90. The fraction of sp³-hybridized carbons (Fsp3) is 0.400. The third kappa shape index (κ3) is 3.89. The van der Waals surface area contributed by atoms with Gasteiger partial charge in [-0.1, -0.05) is 24.3 Å². The monoisotopic (exact) mass is 335 g/mol. The van der Waals surface area contributed by atoms with Gasteiger partial charge in [-0.25, -0.2) is 4.98 Å². The summed E-state index contributed by atoms with van der Waals surface area (Å²) in [4.78, 5) is 14.3. The third-order valence-corrected chi connectivity index (χ3v) is 5.01. The van der Waals surface area contributed by atoms with E-state index in [0.717, 1.165) is 56.3 Å². The lowest BCUT2D eigenvalue weighted by atomic mass is 10.2. The van der Waals surface area contributed by atoms with Crippen LogP contribution in [0.1, 0.15) is 17.9 Å². The van der Waals surface area contributed by atoms with Gasteiger partial charge in [0.2, 0.25) is 0 Å². The van der Waals surface area contributed by atoms with E-state index in [1.165, 1.54) is 11.8 Å². The maximum atomic E-state index is 4.82. The summed E-state index contributed by atoms with van der Waals surface area (Å²) in [6.45, 7) is 6.30. The van der Waals surface area contributed by atoms with Gasteiger partial charge >= 0.3 is 0 Å². The molecule has 0 aliphatic carbocycles. The molecule has 1 aliphatic rings. The third-order valence-electron chi connectivity index (χ3n) is 5.01. The summed E-state index contributed by atoms with van der Waals surface area (Å²) < 4.78 is 2.11. The number of imidazole rings is 1. The zero-order valence-corrected chi connectivity index (χ0v) is 14.8. The van der Waals surface area contributed by atoms with Gasteiger partial charge in [0.1, 0.15) is 5.82 Å². The number of para-hydroxylation sites is 1. The smallest absolute Gasteiger partial charge is 0.122 e. The summed E-state index contributed by atoms with van der Waals surface area (Å²) in [7, 11) is 2.07. The van der Waals surface area contributed by atoms with Crippen molar-refractivity contribution in [2.45, 2.75) is 19.5 Å². The number of aryl methyl sites for hydroxylation is 1. The molecule has 4 rings (SSSR count). The summed E-state index contributed by atoms with van der Waals surface area (Å²) in [5.41, 5.74) is 2.25. The summed E-state index contributed by atoms with van der Waals surface area (Å²) in [6.07, 6.45) is 5.09. The highest BCUT2D eigenvalue weighted by molar-refractivity contribution is 5.78. The van der Waals surface area contributed by atoms with Gasteiger partial charge < -0.3 is 4.57 Å². The fourth-order valence-electron chi connectivity index (χ4n) is 3.51. The Labute approximate surface area is 148 Å². The maximum Gasteiger partial charge on any atom is 0.122 e. The second-order valence-corrected chi connectivity index (χ2v) is 6.86. The highest BCUT2D eigenvalue weighted by atomic mass is 15.2. The molecule has 0 N–H and O–H groups in total. The Kier molecular flexibility index (Phi) is 4.76. The number of benzene rings is 1. The van der Waals surface area contributed by atoms with Crippen LogP contribution in [0.4, 0.5) is 0 Å². The topological polar surface area (TPSA) is 37.2 Å². The molecular weight excluding hydrogens is 310 g/mol. The van der Waals surface area contributed by atoms with Crippen LogP contribution in [0.2, 0.25) is 0 Å². The molecule has 0 radical (unpaired) electrons. The lowest BCUT2D eigenvalue weighted by Crippen LogP contribution is -2.31. The quantitative estimate of drug-likeness (QED) is 0.735. The van der Waals surface area contributed by atoms with E-state index in [2.05, 4.69) is 62.8 Å². The van der Waals surface area contributed by atoms with Crippen molar-refractivity contribution >= 4 is 10.9 Å². The van der Waals surface area contributed by atoms with Gasteiger partial charge in [0.25, 0.3) is 0 Å². The lowest BCUT2D eigenvalue weighted by Gasteiger charge is -2.21. The second kappa shape index (κ2) is 7.33. The molecule has 3 heterocycles. The first-order valence-corrected chi connectivity index (χ1v) is 9.03. The van der Waals surface area contributed by atoms with E-state index in [4.69, 9.17) is 4.98 Å². The molecule has 5 nitrogen and oxygen atoms in total. The van der Waals surface area contributed by atoms with E-state index in [0.29, 0.717) is 0 Å². The van der Waals surface area contributed by atoms with Gasteiger partial charge in [-0.05, 0) is 31.6 Å². The van der Waals surface area contributed by atoms with Crippen LogP contribution in [0.3, 0.4) is 0 Å². The first kappa shape index (κ1) is 16.2. The minimum absolute atomic E-state index is 0.932. The number of hydrogen-bond donors (Lipinski definition) is 0. The molecule has 3 aromatic rings. The molecule has 0 unspecified atom stereocenters. The predicted octanol–water partition coefficient (Wildman–Crippen LogP) is 2.68. The summed E-state index contributed by atoms with van der Waals surface area (Å²) >= 11 is 0. The van der Waals surface area contributed by atoms with Crippen LogP contribution >= 0.6 is 0 Å². The summed E-state index contributed by atoms with van der Waals surface area (Å²) in [5, 5.41) is 1.21. The fourth-order valence-corrected chi connectivity index (χ4v) is 3.51. The van der Waals surface area contributed by atoms with Gasteiger partial charge in [0.15, 0.2) is 0 Å². The summed E-state index contributed by atoms with van der Waals surface area (Å²) in [5.74, 6) is 1.14. The molecule has 1 saturated heterocycles. The van der Waals surface area contributed by atoms with Crippen LogP contribution in [-0.2, 0) is 20.1 Å². The molecule has 1 aliphatic heterocycles. The Morgan fingerprint density at radius 3 is 2.52 bits per heavy atom. The van der Waals surface area contributed by atoms with E-state index in [1.54, 1.807) is 0 Å². The van der Waals surface area contributed by atoms with Crippen LogP contribution in [0.5, 0.6) is 0 Å². The Morgan fingerprint density at radius 2 is 1.72 bits per heavy atom. The van der Waals surface area contributed by atoms with Crippen molar-refractivity contribution in [3.63, 3.8) is 0 Å². The molecular formula is C20H25N5. The number of hydrogen-bond acceptors (Lipinski definition) is 4. The minimum Gasteiger partial charge on any atom is -0.337 e. The number of fused-ring (bicyclic) bond motifs is 1. The number of rotatable bonds is 4. The Balaban J connectivity index is 1.38. The molecule has 130 valence electrons. The van der Waals surface area contributed by atoms with E-state index < -0.39 is 0 Å². The molecule has 0 bridgehead atoms. The highest BCUT2D eigenvalue weighted by Gasteiger charge is 2.16. The molecule has 2 aromatic heterocycles. The number of pyridine rings is 1. The molecule has 0 amide bonds. The molecule has 0 spiro atoms. The normalized spacial score (nSPS) is 17.0. The molecule has 1 fully saturated rings. The average molecular weight is 335 g/mol. The van der Waals surface area contributed by atoms with Gasteiger partial charge in [-0.3, -0.25) is 14.8 Å². The molecule has 1 aromatic carbocycles. The van der Waals surface area contributed by atoms with Gasteiger partial charge in [-0.2, -0.15) is 0 Å². The van der Waals surface area contributed by atoms with E-state index in [1.807, 2.05) is 12.4 Å². The van der Waals surface area contributed by atoms with E-state index in [-0.39, 0.29) is 0 Å². The molecule has 25 heavy (non-hydrogen) atoms. The number of nitrogens with zero attached hydrogens (tertiary/aromatic N) is 5. The van der Waals surface area contributed by atoms with Crippen molar-refractivity contribution in [2.75, 3.05) is 26.2 Å². The zero-order chi connectivity index (χ0) is 17.1. The summed E-state index contributed by atoms with van der Waals surface area (Å²) in [6, 6.07) is 12.7. The minimum atomic E-state index is 0.932. The lowest BCUT2D eigenvalue weighted by molar-refractivity contribution is 0.241. The van der Waals surface area contributed by atoms with Crippen molar-refractivity contribution in [2.24, 2.45) is 7.05 Å². The largest absolute Gasteiger partial charge is 0.337 e. The van der Waals surface area contributed by atoms with Crippen LogP contribution in [-0.4, -0.2) is 50.5 Å². The molecule has 0 atom stereocenters. The second-order valence-electron chi connectivity index (χ2n) is 6.86. The van der Waals surface area contributed by atoms with Gasteiger partial charge in [0, 0.05) is 44.5 Å². The first-order valence-electron chi connectivity index (χ1n) is 9.03. The van der Waals surface area contributed by atoms with E-state index >= 15 is 0 Å². The van der Waals surface area contributed by atoms with Crippen LogP contribution in [0.25, 0.3) is 10.9 Å². The number of aromatic nitrogens is 3. The Hall–Kier alpha value is -2.24. The molecule has 0 saturated carbocycles. The zero-order valence-electron chi connectivity index (χ0n) is 14.8. The Morgan fingerprint density at radius 1 is 0.920 bits per heavy atom. The van der Waals surface area contributed by atoms with Crippen molar-refractivity contribution < 1.29 is 0 Å².